The summed E-state index contributed by atoms with van der Waals surface area (Å²) in [5, 5.41) is 3.36. The minimum atomic E-state index is 0.111. The molecule has 1 heterocycles. The molecule has 1 aromatic rings. The van der Waals surface area contributed by atoms with Gasteiger partial charge in [-0.25, -0.2) is 0 Å². The number of nitrogens with zero attached hydrogens (tertiary/aromatic N) is 1. The van der Waals surface area contributed by atoms with Crippen LogP contribution in [0.4, 0.5) is 0 Å². The van der Waals surface area contributed by atoms with Crippen molar-refractivity contribution in [2.24, 2.45) is 0 Å². The molecule has 1 aliphatic rings. The Labute approximate surface area is 103 Å². The van der Waals surface area contributed by atoms with Crippen molar-refractivity contribution in [1.82, 2.24) is 10.2 Å². The maximum absolute atomic E-state index is 12.1. The van der Waals surface area contributed by atoms with E-state index in [1.165, 1.54) is 12.0 Å². The molecule has 1 fully saturated rings. The van der Waals surface area contributed by atoms with E-state index in [2.05, 4.69) is 11.4 Å². The summed E-state index contributed by atoms with van der Waals surface area (Å²) in [6.45, 7) is 4.84. The summed E-state index contributed by atoms with van der Waals surface area (Å²) in [5.74, 6) is 0.676. The first kappa shape index (κ1) is 12.1. The number of nitrogens with one attached hydrogen (secondary N) is 1. The van der Waals surface area contributed by atoms with E-state index in [1.807, 2.05) is 32.2 Å². The molecule has 0 radical (unpaired) electrons. The van der Waals surface area contributed by atoms with Gasteiger partial charge in [0.05, 0.1) is 0 Å². The van der Waals surface area contributed by atoms with Crippen LogP contribution in [0.5, 0.6) is 0 Å². The normalized spacial score (nSPS) is 19.3. The molecule has 1 aromatic carbocycles. The fourth-order valence-corrected chi connectivity index (χ4v) is 2.23. The van der Waals surface area contributed by atoms with E-state index in [0.717, 1.165) is 25.2 Å². The monoisotopic (exact) mass is 232 g/mol. The van der Waals surface area contributed by atoms with Crippen molar-refractivity contribution in [2.45, 2.75) is 19.3 Å². The van der Waals surface area contributed by atoms with Crippen LogP contribution in [0, 0.1) is 0 Å². The number of hydrogen-bond acceptors (Lipinski definition) is 2. The summed E-state index contributed by atoms with van der Waals surface area (Å²) >= 11 is 0. The Morgan fingerprint density at radius 1 is 1.53 bits per heavy atom. The van der Waals surface area contributed by atoms with Crippen LogP contribution in [0.2, 0.25) is 0 Å². The minimum Gasteiger partial charge on any atom is -0.342 e. The molecule has 17 heavy (non-hydrogen) atoms. The standard InChI is InChI=1S/C14H20N2O/c1-3-16(2)14(17)12-6-4-5-11(9-12)13-7-8-15-10-13/h4-6,9,13,15H,3,7-8,10H2,1-2H3/t13-/m1/s1. The maximum Gasteiger partial charge on any atom is 0.253 e. The zero-order chi connectivity index (χ0) is 12.3. The van der Waals surface area contributed by atoms with Crippen molar-refractivity contribution in [3.63, 3.8) is 0 Å². The van der Waals surface area contributed by atoms with Gasteiger partial charge >= 0.3 is 0 Å². The largest absolute Gasteiger partial charge is 0.342 e. The topological polar surface area (TPSA) is 32.3 Å². The van der Waals surface area contributed by atoms with Gasteiger partial charge in [0.2, 0.25) is 0 Å². The molecule has 1 amide bonds. The summed E-state index contributed by atoms with van der Waals surface area (Å²) in [6.07, 6.45) is 1.17. The van der Waals surface area contributed by atoms with Gasteiger partial charge in [0, 0.05) is 25.7 Å². The molecular weight excluding hydrogens is 212 g/mol. The molecule has 1 saturated heterocycles. The predicted octanol–water partition coefficient (Wildman–Crippen LogP) is 1.86. The van der Waals surface area contributed by atoms with Gasteiger partial charge in [-0.2, -0.15) is 0 Å². The molecule has 3 heteroatoms. The van der Waals surface area contributed by atoms with Gasteiger partial charge in [0.1, 0.15) is 0 Å². The van der Waals surface area contributed by atoms with Crippen molar-refractivity contribution in [2.75, 3.05) is 26.7 Å². The van der Waals surface area contributed by atoms with Gasteiger partial charge in [-0.05, 0) is 43.5 Å². The van der Waals surface area contributed by atoms with E-state index in [9.17, 15) is 4.79 Å². The molecule has 0 bridgehead atoms. The first-order valence-corrected chi connectivity index (χ1v) is 6.28. The third-order valence-corrected chi connectivity index (χ3v) is 3.49. The fourth-order valence-electron chi connectivity index (χ4n) is 2.23. The van der Waals surface area contributed by atoms with Crippen LogP contribution in [-0.4, -0.2) is 37.5 Å². The van der Waals surface area contributed by atoms with Gasteiger partial charge in [0.15, 0.2) is 0 Å². The smallest absolute Gasteiger partial charge is 0.253 e. The van der Waals surface area contributed by atoms with E-state index >= 15 is 0 Å². The molecule has 92 valence electrons. The quantitative estimate of drug-likeness (QED) is 0.862. The molecule has 0 spiro atoms. The molecule has 0 saturated carbocycles. The van der Waals surface area contributed by atoms with Crippen molar-refractivity contribution in [3.8, 4) is 0 Å². The Kier molecular flexibility index (Phi) is 3.79. The number of amides is 1. The molecule has 3 nitrogen and oxygen atoms in total. The summed E-state index contributed by atoms with van der Waals surface area (Å²) < 4.78 is 0. The Morgan fingerprint density at radius 2 is 2.35 bits per heavy atom. The highest BCUT2D eigenvalue weighted by atomic mass is 16.2. The molecule has 1 atom stereocenters. The zero-order valence-corrected chi connectivity index (χ0v) is 10.6. The second-order valence-corrected chi connectivity index (χ2v) is 4.63. The number of benzene rings is 1. The van der Waals surface area contributed by atoms with Crippen molar-refractivity contribution in [3.05, 3.63) is 35.4 Å². The van der Waals surface area contributed by atoms with E-state index in [-0.39, 0.29) is 5.91 Å². The Morgan fingerprint density at radius 3 is 3.00 bits per heavy atom. The second-order valence-electron chi connectivity index (χ2n) is 4.63. The molecular formula is C14H20N2O. The molecule has 0 aliphatic carbocycles. The van der Waals surface area contributed by atoms with Crippen LogP contribution in [0.1, 0.15) is 35.2 Å². The summed E-state index contributed by atoms with van der Waals surface area (Å²) in [6, 6.07) is 8.07. The van der Waals surface area contributed by atoms with Gasteiger partial charge in [-0.15, -0.1) is 0 Å². The van der Waals surface area contributed by atoms with Crippen LogP contribution >= 0.6 is 0 Å². The summed E-state index contributed by atoms with van der Waals surface area (Å²) in [4.78, 5) is 13.8. The highest BCUT2D eigenvalue weighted by Gasteiger charge is 2.18. The molecule has 0 unspecified atom stereocenters. The molecule has 1 N–H and O–H groups in total. The third-order valence-electron chi connectivity index (χ3n) is 3.49. The van der Waals surface area contributed by atoms with Crippen LogP contribution < -0.4 is 5.32 Å². The average molecular weight is 232 g/mol. The van der Waals surface area contributed by atoms with Crippen LogP contribution in [-0.2, 0) is 0 Å². The lowest BCUT2D eigenvalue weighted by molar-refractivity contribution is 0.0802. The molecule has 0 aromatic heterocycles. The van der Waals surface area contributed by atoms with Gasteiger partial charge < -0.3 is 10.2 Å². The lowest BCUT2D eigenvalue weighted by Gasteiger charge is -2.16. The number of carbonyl (C=O) groups excluding carboxylic acids is 1. The SMILES string of the molecule is CCN(C)C(=O)c1cccc([C@@H]2CCNC2)c1. The minimum absolute atomic E-state index is 0.111. The van der Waals surface area contributed by atoms with Gasteiger partial charge in [-0.3, -0.25) is 4.79 Å². The average Bonchev–Trinajstić information content (AvgIpc) is 2.91. The first-order valence-electron chi connectivity index (χ1n) is 6.28. The summed E-state index contributed by atoms with van der Waals surface area (Å²) in [5.41, 5.74) is 2.09. The van der Waals surface area contributed by atoms with E-state index in [1.54, 1.807) is 4.90 Å². The van der Waals surface area contributed by atoms with Gasteiger partial charge in [0.25, 0.3) is 5.91 Å². The van der Waals surface area contributed by atoms with Crippen molar-refractivity contribution < 1.29 is 4.79 Å². The Hall–Kier alpha value is -1.35. The first-order chi connectivity index (χ1) is 8.22. The van der Waals surface area contributed by atoms with Crippen molar-refractivity contribution >= 4 is 5.91 Å². The highest BCUT2D eigenvalue weighted by Crippen LogP contribution is 2.23. The van der Waals surface area contributed by atoms with Crippen LogP contribution in [0.25, 0.3) is 0 Å². The van der Waals surface area contributed by atoms with E-state index in [0.29, 0.717) is 5.92 Å². The Bertz CT molecular complexity index is 397. The lowest BCUT2D eigenvalue weighted by Crippen LogP contribution is -2.26. The maximum atomic E-state index is 12.1. The third kappa shape index (κ3) is 2.67. The summed E-state index contributed by atoms with van der Waals surface area (Å²) in [7, 11) is 1.84. The number of carbonyl (C=O) groups is 1. The molecule has 1 aliphatic heterocycles. The molecule has 2 rings (SSSR count). The number of hydrogen-bond donors (Lipinski definition) is 1. The van der Waals surface area contributed by atoms with E-state index in [4.69, 9.17) is 0 Å². The number of rotatable bonds is 3. The predicted molar refractivity (Wildman–Crippen MR) is 69.3 cm³/mol. The Balaban J connectivity index is 2.18. The van der Waals surface area contributed by atoms with E-state index < -0.39 is 0 Å². The van der Waals surface area contributed by atoms with Crippen molar-refractivity contribution in [1.29, 1.82) is 0 Å². The van der Waals surface area contributed by atoms with Crippen LogP contribution in [0.3, 0.4) is 0 Å². The highest BCUT2D eigenvalue weighted by molar-refractivity contribution is 5.94. The second kappa shape index (κ2) is 5.32. The lowest BCUT2D eigenvalue weighted by atomic mass is 9.96. The fraction of sp³-hybridized carbons (Fsp3) is 0.500. The van der Waals surface area contributed by atoms with Crippen LogP contribution in [0.15, 0.2) is 24.3 Å². The van der Waals surface area contributed by atoms with Gasteiger partial charge in [-0.1, -0.05) is 12.1 Å². The zero-order valence-electron chi connectivity index (χ0n) is 10.6.